The molecule has 0 spiro atoms. The molecule has 3 N–H and O–H groups in total. The van der Waals surface area contributed by atoms with E-state index in [0.29, 0.717) is 11.4 Å². The van der Waals surface area contributed by atoms with E-state index in [0.717, 1.165) is 17.3 Å². The number of hydrogen-bond donors (Lipinski definition) is 2. The van der Waals surface area contributed by atoms with Gasteiger partial charge in [0.2, 0.25) is 5.52 Å². The monoisotopic (exact) mass is 176 g/mol. The van der Waals surface area contributed by atoms with Crippen molar-refractivity contribution in [2.75, 3.05) is 5.73 Å². The van der Waals surface area contributed by atoms with Gasteiger partial charge in [0, 0.05) is 6.07 Å². The summed E-state index contributed by atoms with van der Waals surface area (Å²) in [6, 6.07) is 3.78. The van der Waals surface area contributed by atoms with Gasteiger partial charge in [-0.3, -0.25) is 4.79 Å². The summed E-state index contributed by atoms with van der Waals surface area (Å²) in [6.45, 7) is 0. The van der Waals surface area contributed by atoms with Gasteiger partial charge in [0.05, 0.1) is 0 Å². The van der Waals surface area contributed by atoms with Crippen LogP contribution in [-0.2, 0) is 7.05 Å². The Morgan fingerprint density at radius 2 is 2.38 bits per heavy atom. The molecule has 0 saturated heterocycles. The smallest absolute Gasteiger partial charge is 0.243 e. The zero-order chi connectivity index (χ0) is 9.42. The molecule has 0 aromatic carbocycles. The van der Waals surface area contributed by atoms with Crippen molar-refractivity contribution in [3.63, 3.8) is 0 Å². The summed E-state index contributed by atoms with van der Waals surface area (Å²) in [5.41, 5.74) is 7.88. The second-order valence-electron chi connectivity index (χ2n) is 2.95. The van der Waals surface area contributed by atoms with Crippen LogP contribution in [0.5, 0.6) is 0 Å². The zero-order valence-electron chi connectivity index (χ0n) is 7.24. The Bertz CT molecular complexity index is 473. The molecule has 2 rings (SSSR count). The number of nitrogens with one attached hydrogen (secondary N) is 1. The van der Waals surface area contributed by atoms with Gasteiger partial charge in [-0.2, -0.15) is 4.57 Å². The number of rotatable bonds is 1. The Morgan fingerprint density at radius 3 is 3.08 bits per heavy atom. The number of nitrogens with two attached hydrogens (primary N) is 1. The van der Waals surface area contributed by atoms with Crippen LogP contribution in [0.2, 0.25) is 0 Å². The average molecular weight is 176 g/mol. The first kappa shape index (κ1) is 7.79. The highest BCUT2D eigenvalue weighted by atomic mass is 16.1. The Balaban J connectivity index is 2.96. The third kappa shape index (κ3) is 0.989. The van der Waals surface area contributed by atoms with Crippen LogP contribution >= 0.6 is 0 Å². The molecule has 2 aromatic rings. The lowest BCUT2D eigenvalue weighted by molar-refractivity contribution is -0.644. The van der Waals surface area contributed by atoms with Gasteiger partial charge in [-0.05, 0) is 6.07 Å². The number of nitrogens with zero attached hydrogens (tertiary/aromatic N) is 1. The standard InChI is InChI=1S/C9H9N3O/c1-12-4-2-3-7-8(12)6(5-13)9(10)11-7/h2-5H,1H3,(H2,10,11)/p+1. The van der Waals surface area contributed by atoms with Gasteiger partial charge < -0.3 is 10.7 Å². The number of hydrogen-bond acceptors (Lipinski definition) is 2. The Labute approximate surface area is 75.0 Å². The summed E-state index contributed by atoms with van der Waals surface area (Å²) in [6.07, 6.45) is 2.65. The lowest BCUT2D eigenvalue weighted by atomic mass is 10.2. The van der Waals surface area contributed by atoms with Gasteiger partial charge in [0.25, 0.3) is 0 Å². The highest BCUT2D eigenvalue weighted by Crippen LogP contribution is 2.18. The molecule has 2 heterocycles. The van der Waals surface area contributed by atoms with Crippen LogP contribution in [0.25, 0.3) is 11.0 Å². The maximum Gasteiger partial charge on any atom is 0.243 e. The Hall–Kier alpha value is -1.84. The number of anilines is 1. The molecular weight excluding hydrogens is 166 g/mol. The minimum Gasteiger partial charge on any atom is -0.384 e. The fourth-order valence-corrected chi connectivity index (χ4v) is 1.51. The third-order valence-electron chi connectivity index (χ3n) is 2.11. The molecular formula is C9H10N3O+. The molecule has 66 valence electrons. The molecule has 0 aliphatic carbocycles. The zero-order valence-corrected chi connectivity index (χ0v) is 7.24. The fourth-order valence-electron chi connectivity index (χ4n) is 1.51. The van der Waals surface area contributed by atoms with Crippen LogP contribution in [0.1, 0.15) is 10.4 Å². The number of pyridine rings is 1. The van der Waals surface area contributed by atoms with Crippen molar-refractivity contribution in [3.05, 3.63) is 23.9 Å². The van der Waals surface area contributed by atoms with Gasteiger partial charge in [-0.15, -0.1) is 0 Å². The van der Waals surface area contributed by atoms with Crippen molar-refractivity contribution < 1.29 is 9.36 Å². The number of nitrogen functional groups attached to an aromatic ring is 1. The first-order chi connectivity index (χ1) is 6.24. The molecule has 0 bridgehead atoms. The molecule has 4 nitrogen and oxygen atoms in total. The molecule has 0 saturated carbocycles. The number of carbonyl (C=O) groups excluding carboxylic acids is 1. The lowest BCUT2D eigenvalue weighted by Crippen LogP contribution is -2.28. The molecule has 0 unspecified atom stereocenters. The van der Waals surface area contributed by atoms with E-state index in [2.05, 4.69) is 4.98 Å². The van der Waals surface area contributed by atoms with Crippen LogP contribution in [0, 0.1) is 0 Å². The second kappa shape index (κ2) is 2.58. The van der Waals surface area contributed by atoms with Crippen LogP contribution in [-0.4, -0.2) is 11.3 Å². The number of aldehydes is 1. The summed E-state index contributed by atoms with van der Waals surface area (Å²) in [7, 11) is 1.88. The van der Waals surface area contributed by atoms with Crippen molar-refractivity contribution >= 4 is 23.1 Å². The number of fused-ring (bicyclic) bond motifs is 1. The predicted molar refractivity (Wildman–Crippen MR) is 49.3 cm³/mol. The summed E-state index contributed by atoms with van der Waals surface area (Å²) in [5.74, 6) is 0.423. The number of aromatic nitrogens is 2. The van der Waals surface area contributed by atoms with E-state index >= 15 is 0 Å². The molecule has 0 radical (unpaired) electrons. The van der Waals surface area contributed by atoms with Crippen LogP contribution in [0.4, 0.5) is 5.82 Å². The van der Waals surface area contributed by atoms with E-state index in [9.17, 15) is 4.79 Å². The topological polar surface area (TPSA) is 62.8 Å². The Kier molecular flexibility index (Phi) is 1.55. The fraction of sp³-hybridized carbons (Fsp3) is 0.111. The van der Waals surface area contributed by atoms with E-state index in [1.54, 1.807) is 0 Å². The molecule has 2 aromatic heterocycles. The van der Waals surface area contributed by atoms with E-state index in [-0.39, 0.29) is 0 Å². The Morgan fingerprint density at radius 1 is 1.62 bits per heavy atom. The van der Waals surface area contributed by atoms with E-state index < -0.39 is 0 Å². The summed E-state index contributed by atoms with van der Waals surface area (Å²) in [4.78, 5) is 13.7. The van der Waals surface area contributed by atoms with E-state index in [1.165, 1.54) is 0 Å². The molecule has 0 atom stereocenters. The SMILES string of the molecule is C[n+]1cccc2[nH]c(N)c(C=O)c21. The third-order valence-corrected chi connectivity index (χ3v) is 2.11. The van der Waals surface area contributed by atoms with Crippen molar-refractivity contribution in [3.8, 4) is 0 Å². The molecule has 0 aliphatic heterocycles. The number of aromatic amines is 1. The normalized spacial score (nSPS) is 10.5. The highest BCUT2D eigenvalue weighted by molar-refractivity contribution is 5.98. The van der Waals surface area contributed by atoms with E-state index in [4.69, 9.17) is 5.73 Å². The van der Waals surface area contributed by atoms with Gasteiger partial charge in [-0.1, -0.05) is 0 Å². The van der Waals surface area contributed by atoms with Gasteiger partial charge in [0.15, 0.2) is 12.5 Å². The lowest BCUT2D eigenvalue weighted by Gasteiger charge is -1.88. The highest BCUT2D eigenvalue weighted by Gasteiger charge is 2.15. The molecule has 0 aliphatic rings. The molecule has 13 heavy (non-hydrogen) atoms. The minimum atomic E-state index is 0.423. The first-order valence-corrected chi connectivity index (χ1v) is 3.95. The first-order valence-electron chi connectivity index (χ1n) is 3.95. The molecule has 0 amide bonds. The van der Waals surface area contributed by atoms with Gasteiger partial charge in [-0.25, -0.2) is 0 Å². The number of H-pyrrole nitrogens is 1. The summed E-state index contributed by atoms with van der Waals surface area (Å²) in [5, 5.41) is 0. The van der Waals surface area contributed by atoms with Crippen molar-refractivity contribution in [1.82, 2.24) is 4.98 Å². The van der Waals surface area contributed by atoms with Crippen molar-refractivity contribution in [1.29, 1.82) is 0 Å². The minimum absolute atomic E-state index is 0.423. The second-order valence-corrected chi connectivity index (χ2v) is 2.95. The van der Waals surface area contributed by atoms with Crippen LogP contribution < -0.4 is 10.3 Å². The molecule has 0 fully saturated rings. The number of aryl methyl sites for hydroxylation is 1. The van der Waals surface area contributed by atoms with E-state index in [1.807, 2.05) is 29.9 Å². The van der Waals surface area contributed by atoms with Crippen LogP contribution in [0.3, 0.4) is 0 Å². The predicted octanol–water partition coefficient (Wildman–Crippen LogP) is 0.387. The van der Waals surface area contributed by atoms with Gasteiger partial charge in [0.1, 0.15) is 23.9 Å². The summed E-state index contributed by atoms with van der Waals surface area (Å²) < 4.78 is 1.87. The van der Waals surface area contributed by atoms with Crippen molar-refractivity contribution in [2.45, 2.75) is 0 Å². The summed E-state index contributed by atoms with van der Waals surface area (Å²) >= 11 is 0. The number of carbonyl (C=O) groups is 1. The maximum atomic E-state index is 10.7. The average Bonchev–Trinajstić information content (AvgIpc) is 2.42. The van der Waals surface area contributed by atoms with Crippen molar-refractivity contribution in [2.24, 2.45) is 7.05 Å². The van der Waals surface area contributed by atoms with Crippen LogP contribution in [0.15, 0.2) is 18.3 Å². The van der Waals surface area contributed by atoms with Gasteiger partial charge >= 0.3 is 0 Å². The maximum absolute atomic E-state index is 10.7. The quantitative estimate of drug-likeness (QED) is 0.487. The molecule has 4 heteroatoms. The largest absolute Gasteiger partial charge is 0.384 e.